The molecule has 0 unspecified atom stereocenters. The van der Waals surface area contributed by atoms with Crippen molar-refractivity contribution < 1.29 is 22.3 Å². The third-order valence-corrected chi connectivity index (χ3v) is 6.13. The molecular formula is C20H20FN3O4S. The van der Waals surface area contributed by atoms with E-state index in [-0.39, 0.29) is 22.3 Å². The molecule has 1 atom stereocenters. The molecule has 0 bridgehead atoms. The van der Waals surface area contributed by atoms with Gasteiger partial charge in [0.1, 0.15) is 29.2 Å². The van der Waals surface area contributed by atoms with Crippen molar-refractivity contribution in [2.45, 2.75) is 17.5 Å². The molecule has 0 radical (unpaired) electrons. The minimum atomic E-state index is -3.94. The van der Waals surface area contributed by atoms with Crippen LogP contribution in [0.5, 0.6) is 5.75 Å². The molecule has 1 N–H and O–H groups in total. The number of rotatable bonds is 8. The maximum atomic E-state index is 14.9. The van der Waals surface area contributed by atoms with Gasteiger partial charge in [-0.25, -0.2) is 16.8 Å². The SMILES string of the molecule is CNCc1cc(-c2ccc(OC[C@@H]3CO3)cc2F)n(S(=O)(=O)c2cccnc2)c1. The summed E-state index contributed by atoms with van der Waals surface area (Å²) in [6.07, 6.45) is 4.31. The van der Waals surface area contributed by atoms with Crippen LogP contribution in [0, 0.1) is 5.82 Å². The van der Waals surface area contributed by atoms with Crippen LogP contribution in [0.4, 0.5) is 4.39 Å². The van der Waals surface area contributed by atoms with Gasteiger partial charge in [0.2, 0.25) is 0 Å². The Morgan fingerprint density at radius 1 is 1.34 bits per heavy atom. The molecule has 1 aliphatic heterocycles. The van der Waals surface area contributed by atoms with Crippen molar-refractivity contribution in [3.05, 3.63) is 66.4 Å². The van der Waals surface area contributed by atoms with Crippen LogP contribution in [-0.4, -0.2) is 43.7 Å². The molecular weight excluding hydrogens is 397 g/mol. The Morgan fingerprint density at radius 2 is 2.17 bits per heavy atom. The number of aromatic nitrogens is 2. The van der Waals surface area contributed by atoms with Crippen LogP contribution < -0.4 is 10.1 Å². The Kier molecular flexibility index (Phi) is 5.35. The average molecular weight is 417 g/mol. The lowest BCUT2D eigenvalue weighted by molar-refractivity contribution is 0.262. The van der Waals surface area contributed by atoms with Gasteiger partial charge in [-0.1, -0.05) is 0 Å². The van der Waals surface area contributed by atoms with Crippen molar-refractivity contribution in [1.82, 2.24) is 14.3 Å². The smallest absolute Gasteiger partial charge is 0.269 e. The largest absolute Gasteiger partial charge is 0.491 e. The minimum Gasteiger partial charge on any atom is -0.491 e. The molecule has 152 valence electrons. The van der Waals surface area contributed by atoms with Crippen LogP contribution in [0.1, 0.15) is 5.56 Å². The van der Waals surface area contributed by atoms with E-state index in [0.717, 1.165) is 3.97 Å². The molecule has 7 nitrogen and oxygen atoms in total. The lowest BCUT2D eigenvalue weighted by Crippen LogP contribution is -2.14. The molecule has 0 amide bonds. The highest BCUT2D eigenvalue weighted by molar-refractivity contribution is 7.90. The Bertz CT molecular complexity index is 1110. The number of pyridine rings is 1. The second-order valence-electron chi connectivity index (χ2n) is 6.66. The summed E-state index contributed by atoms with van der Waals surface area (Å²) in [5, 5.41) is 2.98. The molecule has 0 saturated carbocycles. The van der Waals surface area contributed by atoms with Gasteiger partial charge in [0.25, 0.3) is 10.0 Å². The van der Waals surface area contributed by atoms with E-state index in [0.29, 0.717) is 31.1 Å². The standard InChI is InChI=1S/C20H20FN3O4S/c1-22-9-14-7-20(24(11-14)29(25,26)17-3-2-6-23-10-17)18-5-4-15(8-19(18)21)27-12-16-13-28-16/h2-8,10-11,16,22H,9,12-13H2,1H3/t16-/m1/s1. The van der Waals surface area contributed by atoms with Gasteiger partial charge in [-0.3, -0.25) is 4.98 Å². The van der Waals surface area contributed by atoms with Crippen LogP contribution in [-0.2, 0) is 21.3 Å². The van der Waals surface area contributed by atoms with Crippen molar-refractivity contribution in [2.24, 2.45) is 0 Å². The first-order valence-corrected chi connectivity index (χ1v) is 10.5. The third-order valence-electron chi connectivity index (χ3n) is 4.47. The van der Waals surface area contributed by atoms with Gasteiger partial charge < -0.3 is 14.8 Å². The number of hydrogen-bond donors (Lipinski definition) is 1. The Morgan fingerprint density at radius 3 is 2.83 bits per heavy atom. The molecule has 3 heterocycles. The molecule has 1 aromatic carbocycles. The van der Waals surface area contributed by atoms with Crippen molar-refractivity contribution in [3.63, 3.8) is 0 Å². The fourth-order valence-corrected chi connectivity index (χ4v) is 4.31. The Balaban J connectivity index is 1.75. The summed E-state index contributed by atoms with van der Waals surface area (Å²) in [4.78, 5) is 3.91. The van der Waals surface area contributed by atoms with E-state index in [9.17, 15) is 12.8 Å². The summed E-state index contributed by atoms with van der Waals surface area (Å²) < 4.78 is 52.9. The number of nitrogens with one attached hydrogen (secondary N) is 1. The molecule has 1 fully saturated rings. The summed E-state index contributed by atoms with van der Waals surface area (Å²) >= 11 is 0. The number of nitrogens with zero attached hydrogens (tertiary/aromatic N) is 2. The summed E-state index contributed by atoms with van der Waals surface area (Å²) in [7, 11) is -2.19. The monoisotopic (exact) mass is 417 g/mol. The minimum absolute atomic E-state index is 0.0256. The zero-order valence-corrected chi connectivity index (χ0v) is 16.5. The fraction of sp³-hybridized carbons (Fsp3) is 0.250. The van der Waals surface area contributed by atoms with Crippen LogP contribution in [0.3, 0.4) is 0 Å². The van der Waals surface area contributed by atoms with Crippen molar-refractivity contribution >= 4 is 10.0 Å². The van der Waals surface area contributed by atoms with Gasteiger partial charge in [0.15, 0.2) is 0 Å². The number of ether oxygens (including phenoxy) is 2. The van der Waals surface area contributed by atoms with Gasteiger partial charge in [-0.2, -0.15) is 0 Å². The zero-order valence-electron chi connectivity index (χ0n) is 15.7. The van der Waals surface area contributed by atoms with Gasteiger partial charge in [-0.05, 0) is 42.9 Å². The zero-order chi connectivity index (χ0) is 20.4. The van der Waals surface area contributed by atoms with Crippen molar-refractivity contribution in [2.75, 3.05) is 20.3 Å². The molecule has 29 heavy (non-hydrogen) atoms. The highest BCUT2D eigenvalue weighted by Crippen LogP contribution is 2.31. The first-order chi connectivity index (χ1) is 14.0. The van der Waals surface area contributed by atoms with E-state index >= 15 is 0 Å². The molecule has 1 aliphatic rings. The molecule has 4 rings (SSSR count). The highest BCUT2D eigenvalue weighted by Gasteiger charge is 2.25. The predicted molar refractivity (Wildman–Crippen MR) is 105 cm³/mol. The second kappa shape index (κ2) is 7.94. The molecule has 0 aliphatic carbocycles. The van der Waals surface area contributed by atoms with E-state index in [1.54, 1.807) is 25.2 Å². The molecule has 0 spiro atoms. The van der Waals surface area contributed by atoms with Gasteiger partial charge >= 0.3 is 0 Å². The maximum absolute atomic E-state index is 14.9. The molecule has 1 saturated heterocycles. The topological polar surface area (TPSA) is 85.8 Å². The van der Waals surface area contributed by atoms with Crippen LogP contribution in [0.15, 0.2) is 59.9 Å². The lowest BCUT2D eigenvalue weighted by atomic mass is 10.1. The van der Waals surface area contributed by atoms with Crippen molar-refractivity contribution in [1.29, 1.82) is 0 Å². The van der Waals surface area contributed by atoms with E-state index in [2.05, 4.69) is 10.3 Å². The summed E-state index contributed by atoms with van der Waals surface area (Å²) in [6, 6.07) is 9.04. The van der Waals surface area contributed by atoms with Crippen molar-refractivity contribution in [3.8, 4) is 17.0 Å². The lowest BCUT2D eigenvalue weighted by Gasteiger charge is -2.12. The number of halogens is 1. The maximum Gasteiger partial charge on any atom is 0.269 e. The van der Waals surface area contributed by atoms with E-state index in [4.69, 9.17) is 9.47 Å². The quantitative estimate of drug-likeness (QED) is 0.567. The summed E-state index contributed by atoms with van der Waals surface area (Å²) in [5.41, 5.74) is 1.10. The van der Waals surface area contributed by atoms with E-state index in [1.165, 1.54) is 36.8 Å². The fourth-order valence-electron chi connectivity index (χ4n) is 2.95. The Hall–Kier alpha value is -2.75. The van der Waals surface area contributed by atoms with E-state index in [1.807, 2.05) is 0 Å². The van der Waals surface area contributed by atoms with Crippen LogP contribution >= 0.6 is 0 Å². The summed E-state index contributed by atoms with van der Waals surface area (Å²) in [5.74, 6) is -0.207. The normalized spacial score (nSPS) is 16.0. The van der Waals surface area contributed by atoms with Gasteiger partial charge in [0, 0.05) is 36.8 Å². The van der Waals surface area contributed by atoms with Crippen LogP contribution in [0.2, 0.25) is 0 Å². The third kappa shape index (κ3) is 4.16. The number of epoxide rings is 1. The first-order valence-electron chi connectivity index (χ1n) is 9.05. The summed E-state index contributed by atoms with van der Waals surface area (Å²) in [6.45, 7) is 1.44. The van der Waals surface area contributed by atoms with Gasteiger partial charge in [-0.15, -0.1) is 0 Å². The first kappa shape index (κ1) is 19.6. The number of benzene rings is 1. The Labute approximate surface area is 168 Å². The molecule has 3 aromatic rings. The molecule has 9 heteroatoms. The van der Waals surface area contributed by atoms with Gasteiger partial charge in [0.05, 0.1) is 12.3 Å². The van der Waals surface area contributed by atoms with Crippen LogP contribution in [0.25, 0.3) is 11.3 Å². The molecule has 2 aromatic heterocycles. The highest BCUT2D eigenvalue weighted by atomic mass is 32.2. The number of hydrogen-bond acceptors (Lipinski definition) is 6. The second-order valence-corrected chi connectivity index (χ2v) is 8.48. The van der Waals surface area contributed by atoms with E-state index < -0.39 is 15.8 Å². The predicted octanol–water partition coefficient (Wildman–Crippen LogP) is 2.42. The average Bonchev–Trinajstić information content (AvgIpc) is 3.45.